The zero-order valence-electron chi connectivity index (χ0n) is 14.8. The smallest absolute Gasteiger partial charge is 0.229 e. The second-order valence-corrected chi connectivity index (χ2v) is 6.47. The molecule has 2 amide bonds. The Labute approximate surface area is 160 Å². The van der Waals surface area contributed by atoms with Crippen molar-refractivity contribution in [1.82, 2.24) is 0 Å². The molecule has 0 bridgehead atoms. The van der Waals surface area contributed by atoms with Crippen molar-refractivity contribution in [3.05, 3.63) is 47.2 Å². The highest BCUT2D eigenvalue weighted by atomic mass is 35.5. The Bertz CT molecular complexity index is 890. The second kappa shape index (κ2) is 7.84. The number of carbonyl (C=O) groups excluding carboxylic acids is 2. The van der Waals surface area contributed by atoms with Gasteiger partial charge in [0.25, 0.3) is 0 Å². The number of anilines is 2. The van der Waals surface area contributed by atoms with Crippen molar-refractivity contribution in [2.45, 2.75) is 6.42 Å². The summed E-state index contributed by atoms with van der Waals surface area (Å²) in [5.41, 5.74) is 0.821. The van der Waals surface area contributed by atoms with E-state index in [0.717, 1.165) is 0 Å². The first kappa shape index (κ1) is 19.0. The van der Waals surface area contributed by atoms with Crippen LogP contribution in [0, 0.1) is 11.7 Å². The van der Waals surface area contributed by atoms with Crippen LogP contribution in [-0.2, 0) is 9.59 Å². The van der Waals surface area contributed by atoms with Gasteiger partial charge in [-0.2, -0.15) is 0 Å². The van der Waals surface area contributed by atoms with Gasteiger partial charge in [0.05, 0.1) is 30.8 Å². The number of nitrogens with one attached hydrogen (secondary N) is 1. The average Bonchev–Trinajstić information content (AvgIpc) is 3.03. The van der Waals surface area contributed by atoms with Crippen LogP contribution in [0.15, 0.2) is 36.4 Å². The molecule has 0 saturated carbocycles. The Morgan fingerprint density at radius 1 is 1.22 bits per heavy atom. The molecule has 1 atom stereocenters. The maximum Gasteiger partial charge on any atom is 0.229 e. The molecule has 1 saturated heterocycles. The molecule has 1 aliphatic rings. The van der Waals surface area contributed by atoms with Crippen LogP contribution in [-0.4, -0.2) is 32.6 Å². The van der Waals surface area contributed by atoms with Crippen LogP contribution in [0.4, 0.5) is 15.8 Å². The summed E-state index contributed by atoms with van der Waals surface area (Å²) in [5, 5.41) is 2.99. The van der Waals surface area contributed by atoms with Gasteiger partial charge in [-0.1, -0.05) is 17.7 Å². The molecule has 1 aliphatic heterocycles. The monoisotopic (exact) mass is 392 g/mol. The minimum Gasteiger partial charge on any atom is -0.495 e. The van der Waals surface area contributed by atoms with Crippen molar-refractivity contribution in [2.24, 2.45) is 5.92 Å². The maximum atomic E-state index is 13.3. The van der Waals surface area contributed by atoms with E-state index in [1.165, 1.54) is 37.3 Å². The number of rotatable bonds is 5. The Morgan fingerprint density at radius 3 is 2.63 bits per heavy atom. The molecule has 142 valence electrons. The van der Waals surface area contributed by atoms with E-state index >= 15 is 0 Å². The van der Waals surface area contributed by atoms with Crippen molar-refractivity contribution in [2.75, 3.05) is 31.0 Å². The van der Waals surface area contributed by atoms with Crippen molar-refractivity contribution < 1.29 is 23.5 Å². The molecular weight excluding hydrogens is 375 g/mol. The molecule has 1 heterocycles. The number of benzene rings is 2. The summed E-state index contributed by atoms with van der Waals surface area (Å²) < 4.78 is 23.8. The lowest BCUT2D eigenvalue weighted by molar-refractivity contribution is -0.122. The van der Waals surface area contributed by atoms with Gasteiger partial charge in [0, 0.05) is 30.8 Å². The summed E-state index contributed by atoms with van der Waals surface area (Å²) in [6, 6.07) is 8.76. The van der Waals surface area contributed by atoms with Gasteiger partial charge in [-0.05, 0) is 18.2 Å². The number of ether oxygens (including phenoxy) is 2. The minimum atomic E-state index is -0.577. The third-order valence-electron chi connectivity index (χ3n) is 4.33. The predicted molar refractivity (Wildman–Crippen MR) is 100 cm³/mol. The van der Waals surface area contributed by atoms with Crippen LogP contribution < -0.4 is 19.7 Å². The normalized spacial score (nSPS) is 16.4. The van der Waals surface area contributed by atoms with E-state index in [1.807, 2.05) is 0 Å². The SMILES string of the molecule is COc1cc(N2CC(C(=O)Nc3cccc(F)c3)CC2=O)c(OC)cc1Cl. The predicted octanol–water partition coefficient (Wildman–Crippen LogP) is 3.49. The summed E-state index contributed by atoms with van der Waals surface area (Å²) >= 11 is 6.10. The first-order valence-corrected chi connectivity index (χ1v) is 8.59. The minimum absolute atomic E-state index is 0.0369. The van der Waals surface area contributed by atoms with E-state index in [1.54, 1.807) is 18.2 Å². The molecule has 0 aliphatic carbocycles. The van der Waals surface area contributed by atoms with Crippen molar-refractivity contribution in [3.63, 3.8) is 0 Å². The number of nitrogens with zero attached hydrogens (tertiary/aromatic N) is 1. The molecule has 2 aromatic rings. The Morgan fingerprint density at radius 2 is 1.96 bits per heavy atom. The summed E-state index contributed by atoms with van der Waals surface area (Å²) in [5.74, 6) is -0.802. The van der Waals surface area contributed by atoms with Gasteiger partial charge in [0.15, 0.2) is 0 Å². The number of methoxy groups -OCH3 is 2. The lowest BCUT2D eigenvalue weighted by Gasteiger charge is -2.21. The van der Waals surface area contributed by atoms with Crippen LogP contribution >= 0.6 is 11.6 Å². The van der Waals surface area contributed by atoms with Gasteiger partial charge in [0.2, 0.25) is 11.8 Å². The van der Waals surface area contributed by atoms with E-state index in [0.29, 0.717) is 27.9 Å². The molecular formula is C19H18ClFN2O4. The third kappa shape index (κ3) is 3.98. The Balaban J connectivity index is 1.80. The van der Waals surface area contributed by atoms with E-state index in [4.69, 9.17) is 21.1 Å². The van der Waals surface area contributed by atoms with Gasteiger partial charge < -0.3 is 19.7 Å². The van der Waals surface area contributed by atoms with Gasteiger partial charge in [-0.15, -0.1) is 0 Å². The molecule has 1 fully saturated rings. The van der Waals surface area contributed by atoms with E-state index in [9.17, 15) is 14.0 Å². The Kier molecular flexibility index (Phi) is 5.51. The van der Waals surface area contributed by atoms with E-state index in [2.05, 4.69) is 5.32 Å². The number of hydrogen-bond donors (Lipinski definition) is 1. The lowest BCUT2D eigenvalue weighted by atomic mass is 10.1. The highest BCUT2D eigenvalue weighted by Gasteiger charge is 2.36. The van der Waals surface area contributed by atoms with E-state index in [-0.39, 0.29) is 24.8 Å². The first-order chi connectivity index (χ1) is 12.9. The first-order valence-electron chi connectivity index (χ1n) is 8.21. The number of halogens is 2. The molecule has 0 aromatic heterocycles. The molecule has 3 rings (SSSR count). The summed E-state index contributed by atoms with van der Waals surface area (Å²) in [6.45, 7) is 0.168. The molecule has 27 heavy (non-hydrogen) atoms. The summed E-state index contributed by atoms with van der Waals surface area (Å²) in [4.78, 5) is 26.5. The van der Waals surface area contributed by atoms with Gasteiger partial charge in [-0.3, -0.25) is 9.59 Å². The largest absolute Gasteiger partial charge is 0.495 e. The second-order valence-electron chi connectivity index (χ2n) is 6.06. The molecule has 0 radical (unpaired) electrons. The van der Waals surface area contributed by atoms with Crippen LogP contribution in [0.1, 0.15) is 6.42 Å². The molecule has 8 heteroatoms. The molecule has 6 nitrogen and oxygen atoms in total. The van der Waals surface area contributed by atoms with Crippen molar-refractivity contribution in [3.8, 4) is 11.5 Å². The van der Waals surface area contributed by atoms with E-state index < -0.39 is 11.7 Å². The van der Waals surface area contributed by atoms with Crippen molar-refractivity contribution >= 4 is 34.8 Å². The number of amides is 2. The maximum absolute atomic E-state index is 13.3. The highest BCUT2D eigenvalue weighted by Crippen LogP contribution is 2.40. The lowest BCUT2D eigenvalue weighted by Crippen LogP contribution is -2.28. The van der Waals surface area contributed by atoms with Gasteiger partial charge >= 0.3 is 0 Å². The van der Waals surface area contributed by atoms with Crippen LogP contribution in [0.25, 0.3) is 0 Å². The standard InChI is InChI=1S/C19H18ClFN2O4/c1-26-16-9-15(17(27-2)8-14(16)20)23-10-11(6-18(23)24)19(25)22-13-5-3-4-12(21)7-13/h3-5,7-9,11H,6,10H2,1-2H3,(H,22,25). The topological polar surface area (TPSA) is 67.9 Å². The molecule has 1 N–H and O–H groups in total. The zero-order chi connectivity index (χ0) is 19.6. The average molecular weight is 393 g/mol. The summed E-state index contributed by atoms with van der Waals surface area (Å²) in [7, 11) is 2.94. The highest BCUT2D eigenvalue weighted by molar-refractivity contribution is 6.32. The molecule has 1 unspecified atom stereocenters. The summed E-state index contributed by atoms with van der Waals surface area (Å²) in [6.07, 6.45) is 0.0369. The Hall–Kier alpha value is -2.80. The quantitative estimate of drug-likeness (QED) is 0.845. The fraction of sp³-hybridized carbons (Fsp3) is 0.263. The fourth-order valence-corrected chi connectivity index (χ4v) is 3.21. The third-order valence-corrected chi connectivity index (χ3v) is 4.63. The number of carbonyl (C=O) groups is 2. The molecule has 0 spiro atoms. The van der Waals surface area contributed by atoms with Crippen LogP contribution in [0.3, 0.4) is 0 Å². The zero-order valence-corrected chi connectivity index (χ0v) is 15.5. The van der Waals surface area contributed by atoms with Crippen LogP contribution in [0.2, 0.25) is 5.02 Å². The van der Waals surface area contributed by atoms with Gasteiger partial charge in [0.1, 0.15) is 17.3 Å². The van der Waals surface area contributed by atoms with Gasteiger partial charge in [-0.25, -0.2) is 4.39 Å². The van der Waals surface area contributed by atoms with Crippen LogP contribution in [0.5, 0.6) is 11.5 Å². The van der Waals surface area contributed by atoms with Crippen molar-refractivity contribution in [1.29, 1.82) is 0 Å². The fourth-order valence-electron chi connectivity index (χ4n) is 2.98. The number of hydrogen-bond acceptors (Lipinski definition) is 4. The molecule has 2 aromatic carbocycles.